The largest absolute Gasteiger partial charge is 0.465 e. The Morgan fingerprint density at radius 3 is 3.08 bits per heavy atom. The first-order valence-corrected chi connectivity index (χ1v) is 4.31. The summed E-state index contributed by atoms with van der Waals surface area (Å²) in [6.07, 6.45) is 2.87. The number of hydrogen-bond donors (Lipinski definition) is 2. The summed E-state index contributed by atoms with van der Waals surface area (Å²) in [4.78, 5) is 13.9. The molecule has 0 saturated carbocycles. The zero-order valence-electron chi connectivity index (χ0n) is 7.45. The van der Waals surface area contributed by atoms with Crippen LogP contribution in [0.4, 0.5) is 0 Å². The second-order valence-electron chi connectivity index (χ2n) is 2.70. The van der Waals surface area contributed by atoms with Gasteiger partial charge in [0.05, 0.1) is 13.0 Å². The highest BCUT2D eigenvalue weighted by Gasteiger charge is 2.00. The van der Waals surface area contributed by atoms with E-state index in [1.165, 1.54) is 0 Å². The summed E-state index contributed by atoms with van der Waals surface area (Å²) in [7, 11) is 0. The lowest BCUT2D eigenvalue weighted by Crippen LogP contribution is -2.12. The van der Waals surface area contributed by atoms with Gasteiger partial charge in [-0.15, -0.1) is 0 Å². The highest BCUT2D eigenvalue weighted by molar-refractivity contribution is 5.69. The third-order valence-corrected chi connectivity index (χ3v) is 1.65. The van der Waals surface area contributed by atoms with Gasteiger partial charge in [-0.3, -0.25) is 4.79 Å². The van der Waals surface area contributed by atoms with Gasteiger partial charge in [-0.25, -0.2) is 0 Å². The van der Waals surface area contributed by atoms with Crippen molar-refractivity contribution in [3.05, 3.63) is 24.0 Å². The van der Waals surface area contributed by atoms with Crippen LogP contribution in [-0.2, 0) is 16.0 Å². The first-order chi connectivity index (χ1) is 6.33. The summed E-state index contributed by atoms with van der Waals surface area (Å²) in [5.41, 5.74) is 6.26. The molecule has 1 heterocycles. The second kappa shape index (κ2) is 5.37. The van der Waals surface area contributed by atoms with Crippen LogP contribution < -0.4 is 5.73 Å². The maximum absolute atomic E-state index is 10.9. The van der Waals surface area contributed by atoms with Crippen molar-refractivity contribution < 1.29 is 9.53 Å². The molecule has 0 atom stereocenters. The zero-order valence-corrected chi connectivity index (χ0v) is 7.45. The Labute approximate surface area is 77.1 Å². The van der Waals surface area contributed by atoms with E-state index >= 15 is 0 Å². The summed E-state index contributed by atoms with van der Waals surface area (Å²) >= 11 is 0. The maximum Gasteiger partial charge on any atom is 0.307 e. The molecule has 1 rings (SSSR count). The highest BCUT2D eigenvalue weighted by Crippen LogP contribution is 1.96. The van der Waals surface area contributed by atoms with E-state index in [4.69, 9.17) is 10.5 Å². The van der Waals surface area contributed by atoms with E-state index in [-0.39, 0.29) is 5.97 Å². The topological polar surface area (TPSA) is 68.1 Å². The van der Waals surface area contributed by atoms with Crippen LogP contribution in [0, 0.1) is 0 Å². The van der Waals surface area contributed by atoms with E-state index in [0.29, 0.717) is 19.6 Å². The standard InChI is InChI=1S/C9H14N2O2/c10-5-3-9(12)13-7-4-8-2-1-6-11-8/h1-2,6,11H,3-5,7,10H2. The van der Waals surface area contributed by atoms with Crippen molar-refractivity contribution in [2.45, 2.75) is 12.8 Å². The van der Waals surface area contributed by atoms with Crippen LogP contribution in [0.15, 0.2) is 18.3 Å². The molecular weight excluding hydrogens is 168 g/mol. The number of ether oxygens (including phenoxy) is 1. The van der Waals surface area contributed by atoms with Crippen LogP contribution in [-0.4, -0.2) is 24.1 Å². The lowest BCUT2D eigenvalue weighted by Gasteiger charge is -2.01. The predicted molar refractivity (Wildman–Crippen MR) is 49.1 cm³/mol. The molecule has 0 aliphatic rings. The minimum Gasteiger partial charge on any atom is -0.465 e. The van der Waals surface area contributed by atoms with Crippen molar-refractivity contribution in [1.82, 2.24) is 4.98 Å². The Kier molecular flexibility index (Phi) is 4.05. The van der Waals surface area contributed by atoms with E-state index < -0.39 is 0 Å². The van der Waals surface area contributed by atoms with Crippen molar-refractivity contribution in [3.8, 4) is 0 Å². The molecule has 3 N–H and O–H groups in total. The van der Waals surface area contributed by atoms with E-state index in [2.05, 4.69) is 4.98 Å². The Bertz CT molecular complexity index is 244. The number of esters is 1. The van der Waals surface area contributed by atoms with Gasteiger partial charge in [-0.2, -0.15) is 0 Å². The monoisotopic (exact) mass is 182 g/mol. The second-order valence-corrected chi connectivity index (χ2v) is 2.70. The van der Waals surface area contributed by atoms with Crippen LogP contribution in [0.2, 0.25) is 0 Å². The summed E-state index contributed by atoms with van der Waals surface area (Å²) in [5.74, 6) is -0.228. The molecule has 1 aromatic rings. The van der Waals surface area contributed by atoms with Gasteiger partial charge in [0.25, 0.3) is 0 Å². The summed E-state index contributed by atoms with van der Waals surface area (Å²) < 4.78 is 4.92. The molecule has 0 aromatic carbocycles. The molecule has 1 aromatic heterocycles. The molecule has 0 fully saturated rings. The Morgan fingerprint density at radius 2 is 2.46 bits per heavy atom. The number of rotatable bonds is 5. The molecule has 0 aliphatic carbocycles. The lowest BCUT2D eigenvalue weighted by atomic mass is 10.3. The number of aromatic amines is 1. The molecule has 0 saturated heterocycles. The molecule has 4 heteroatoms. The summed E-state index contributed by atoms with van der Waals surface area (Å²) in [6, 6.07) is 3.87. The predicted octanol–water partition coefficient (Wildman–Crippen LogP) is 0.449. The van der Waals surface area contributed by atoms with Crippen molar-refractivity contribution in [1.29, 1.82) is 0 Å². The van der Waals surface area contributed by atoms with Gasteiger partial charge in [0.2, 0.25) is 0 Å². The fourth-order valence-electron chi connectivity index (χ4n) is 0.988. The zero-order chi connectivity index (χ0) is 9.52. The van der Waals surface area contributed by atoms with Crippen molar-refractivity contribution in [3.63, 3.8) is 0 Å². The van der Waals surface area contributed by atoms with Crippen LogP contribution in [0.5, 0.6) is 0 Å². The third kappa shape index (κ3) is 3.75. The average molecular weight is 182 g/mol. The molecule has 0 amide bonds. The Hall–Kier alpha value is -1.29. The highest BCUT2D eigenvalue weighted by atomic mass is 16.5. The van der Waals surface area contributed by atoms with E-state index in [1.807, 2.05) is 18.3 Å². The fourth-order valence-corrected chi connectivity index (χ4v) is 0.988. The summed E-state index contributed by atoms with van der Waals surface area (Å²) in [6.45, 7) is 0.765. The van der Waals surface area contributed by atoms with Crippen LogP contribution in [0.1, 0.15) is 12.1 Å². The number of nitrogens with one attached hydrogen (secondary N) is 1. The number of carbonyl (C=O) groups excluding carboxylic acids is 1. The normalized spacial score (nSPS) is 9.92. The SMILES string of the molecule is NCCC(=O)OCCc1ccc[nH]1. The van der Waals surface area contributed by atoms with E-state index in [0.717, 1.165) is 12.1 Å². The third-order valence-electron chi connectivity index (χ3n) is 1.65. The van der Waals surface area contributed by atoms with Gasteiger partial charge < -0.3 is 15.5 Å². The quantitative estimate of drug-likeness (QED) is 0.649. The van der Waals surface area contributed by atoms with Crippen LogP contribution in [0.25, 0.3) is 0 Å². The smallest absolute Gasteiger partial charge is 0.307 e. The van der Waals surface area contributed by atoms with Crippen LogP contribution >= 0.6 is 0 Å². The Balaban J connectivity index is 2.11. The van der Waals surface area contributed by atoms with Crippen molar-refractivity contribution in [2.75, 3.05) is 13.2 Å². The van der Waals surface area contributed by atoms with Gasteiger partial charge in [0, 0.05) is 24.9 Å². The molecule has 4 nitrogen and oxygen atoms in total. The maximum atomic E-state index is 10.9. The molecular formula is C9H14N2O2. The van der Waals surface area contributed by atoms with Gasteiger partial charge in [0.15, 0.2) is 0 Å². The van der Waals surface area contributed by atoms with Crippen LogP contribution in [0.3, 0.4) is 0 Å². The van der Waals surface area contributed by atoms with Gasteiger partial charge in [-0.05, 0) is 12.1 Å². The van der Waals surface area contributed by atoms with Gasteiger partial charge in [0.1, 0.15) is 0 Å². The first kappa shape index (κ1) is 9.80. The number of aromatic nitrogens is 1. The molecule has 13 heavy (non-hydrogen) atoms. The lowest BCUT2D eigenvalue weighted by molar-refractivity contribution is -0.143. The minimum absolute atomic E-state index is 0.228. The van der Waals surface area contributed by atoms with E-state index in [9.17, 15) is 4.79 Å². The molecule has 0 unspecified atom stereocenters. The number of nitrogens with two attached hydrogens (primary N) is 1. The summed E-state index contributed by atoms with van der Waals surface area (Å²) in [5, 5.41) is 0. The van der Waals surface area contributed by atoms with Gasteiger partial charge in [-0.1, -0.05) is 0 Å². The number of hydrogen-bond acceptors (Lipinski definition) is 3. The van der Waals surface area contributed by atoms with Crippen molar-refractivity contribution >= 4 is 5.97 Å². The first-order valence-electron chi connectivity index (χ1n) is 4.31. The molecule has 0 spiro atoms. The molecule has 72 valence electrons. The molecule has 0 bridgehead atoms. The van der Waals surface area contributed by atoms with Crippen molar-refractivity contribution in [2.24, 2.45) is 5.73 Å². The molecule has 0 aliphatic heterocycles. The van der Waals surface area contributed by atoms with Gasteiger partial charge >= 0.3 is 5.97 Å². The number of carbonyl (C=O) groups is 1. The Morgan fingerprint density at radius 1 is 1.62 bits per heavy atom. The number of H-pyrrole nitrogens is 1. The average Bonchev–Trinajstić information content (AvgIpc) is 2.57. The molecule has 0 radical (unpaired) electrons. The van der Waals surface area contributed by atoms with E-state index in [1.54, 1.807) is 0 Å². The minimum atomic E-state index is -0.228. The fraction of sp³-hybridized carbons (Fsp3) is 0.444.